The summed E-state index contributed by atoms with van der Waals surface area (Å²) in [6.45, 7) is 4.45. The molecule has 0 fully saturated rings. The topological polar surface area (TPSA) is 107 Å². The molecule has 0 spiro atoms. The molecular formula is C24H22ClN3O5. The third kappa shape index (κ3) is 6.76. The highest BCUT2D eigenvalue weighted by Gasteiger charge is 2.15. The second-order valence-corrected chi connectivity index (χ2v) is 7.13. The van der Waals surface area contributed by atoms with Crippen molar-refractivity contribution in [3.05, 3.63) is 70.5 Å². The maximum atomic E-state index is 12.4. The minimum absolute atomic E-state index is 0.140. The number of hydrogen-bond acceptors (Lipinski definition) is 7. The van der Waals surface area contributed by atoms with Crippen molar-refractivity contribution in [2.45, 2.75) is 13.8 Å². The average Bonchev–Trinajstić information content (AvgIpc) is 3.21. The molecule has 0 aliphatic heterocycles. The molecule has 0 radical (unpaired) electrons. The minimum Gasteiger partial charge on any atom is -0.490 e. The van der Waals surface area contributed by atoms with Gasteiger partial charge in [0.2, 0.25) is 0 Å². The standard InChI is InChI=1S/C24H22ClN3O5/c1-3-30-21-14-17(12-18(15-26)24(29)27-22-11-16(2)33-28-22)13-20(25)23(21)32-10-9-31-19-7-5-4-6-8-19/h4-8,11-14H,3,9-10H2,1-2H3,(H,27,28,29)/b18-12-. The Balaban J connectivity index is 1.73. The molecule has 8 nitrogen and oxygen atoms in total. The second-order valence-electron chi connectivity index (χ2n) is 6.72. The largest absolute Gasteiger partial charge is 0.490 e. The van der Waals surface area contributed by atoms with Crippen LogP contribution in [-0.2, 0) is 4.79 Å². The van der Waals surface area contributed by atoms with Crippen molar-refractivity contribution in [1.29, 1.82) is 5.26 Å². The number of benzene rings is 2. The van der Waals surface area contributed by atoms with Gasteiger partial charge < -0.3 is 24.1 Å². The summed E-state index contributed by atoms with van der Waals surface area (Å²) in [6.07, 6.45) is 1.40. The monoisotopic (exact) mass is 467 g/mol. The number of nitrogens with one attached hydrogen (secondary N) is 1. The van der Waals surface area contributed by atoms with Crippen LogP contribution in [0, 0.1) is 18.3 Å². The third-order valence-electron chi connectivity index (χ3n) is 4.22. The number of nitrogens with zero attached hydrogens (tertiary/aromatic N) is 2. The number of rotatable bonds is 10. The molecule has 1 N–H and O–H groups in total. The van der Waals surface area contributed by atoms with Gasteiger partial charge in [0.15, 0.2) is 17.3 Å². The second kappa shape index (κ2) is 11.6. The number of aromatic nitrogens is 1. The van der Waals surface area contributed by atoms with Crippen molar-refractivity contribution < 1.29 is 23.5 Å². The maximum Gasteiger partial charge on any atom is 0.267 e. The van der Waals surface area contributed by atoms with Crippen LogP contribution in [0.15, 0.2) is 58.6 Å². The zero-order valence-corrected chi connectivity index (χ0v) is 18.9. The van der Waals surface area contributed by atoms with Gasteiger partial charge in [0.25, 0.3) is 5.91 Å². The summed E-state index contributed by atoms with van der Waals surface area (Å²) in [5, 5.41) is 15.9. The van der Waals surface area contributed by atoms with Crippen molar-refractivity contribution >= 4 is 29.4 Å². The first-order valence-corrected chi connectivity index (χ1v) is 10.5. The van der Waals surface area contributed by atoms with E-state index in [1.807, 2.05) is 43.3 Å². The van der Waals surface area contributed by atoms with Crippen LogP contribution in [0.25, 0.3) is 6.08 Å². The van der Waals surface area contributed by atoms with Crippen LogP contribution in [0.2, 0.25) is 5.02 Å². The van der Waals surface area contributed by atoms with Crippen LogP contribution < -0.4 is 19.5 Å². The van der Waals surface area contributed by atoms with Gasteiger partial charge in [0, 0.05) is 6.07 Å². The zero-order valence-electron chi connectivity index (χ0n) is 18.1. The number of hydrogen-bond donors (Lipinski definition) is 1. The van der Waals surface area contributed by atoms with E-state index < -0.39 is 5.91 Å². The number of anilines is 1. The SMILES string of the molecule is CCOc1cc(/C=C(/C#N)C(=O)Nc2cc(C)on2)cc(Cl)c1OCCOc1ccccc1. The molecule has 9 heteroatoms. The molecule has 33 heavy (non-hydrogen) atoms. The van der Waals surface area contributed by atoms with E-state index in [4.69, 9.17) is 30.3 Å². The Bertz CT molecular complexity index is 1170. The Morgan fingerprint density at radius 2 is 1.94 bits per heavy atom. The number of nitriles is 1. The lowest BCUT2D eigenvalue weighted by atomic mass is 10.1. The first-order chi connectivity index (χ1) is 16.0. The van der Waals surface area contributed by atoms with Crippen molar-refractivity contribution in [1.82, 2.24) is 5.16 Å². The molecular weight excluding hydrogens is 446 g/mol. The molecule has 0 atom stereocenters. The first kappa shape index (κ1) is 23.7. The summed E-state index contributed by atoms with van der Waals surface area (Å²) >= 11 is 6.42. The first-order valence-electron chi connectivity index (χ1n) is 10.1. The Morgan fingerprint density at radius 1 is 1.18 bits per heavy atom. The van der Waals surface area contributed by atoms with Crippen LogP contribution in [0.3, 0.4) is 0 Å². The van der Waals surface area contributed by atoms with E-state index in [-0.39, 0.29) is 23.0 Å². The van der Waals surface area contributed by atoms with Gasteiger partial charge >= 0.3 is 0 Å². The highest BCUT2D eigenvalue weighted by Crippen LogP contribution is 2.37. The van der Waals surface area contributed by atoms with Gasteiger partial charge in [0.1, 0.15) is 36.4 Å². The minimum atomic E-state index is -0.627. The Kier molecular flexibility index (Phi) is 8.33. The molecule has 0 aliphatic rings. The van der Waals surface area contributed by atoms with Crippen molar-refractivity contribution in [3.8, 4) is 23.3 Å². The van der Waals surface area contributed by atoms with E-state index in [9.17, 15) is 10.1 Å². The van der Waals surface area contributed by atoms with Crippen LogP contribution in [0.4, 0.5) is 5.82 Å². The number of halogens is 1. The molecule has 1 aromatic heterocycles. The van der Waals surface area contributed by atoms with E-state index in [1.54, 1.807) is 25.1 Å². The quantitative estimate of drug-likeness (QED) is 0.253. The fourth-order valence-corrected chi connectivity index (χ4v) is 3.09. The van der Waals surface area contributed by atoms with Crippen molar-refractivity contribution in [2.75, 3.05) is 25.1 Å². The zero-order chi connectivity index (χ0) is 23.6. The summed E-state index contributed by atoms with van der Waals surface area (Å²) in [4.78, 5) is 12.4. The van der Waals surface area contributed by atoms with E-state index in [0.29, 0.717) is 36.0 Å². The molecule has 0 saturated heterocycles. The fourth-order valence-electron chi connectivity index (χ4n) is 2.82. The van der Waals surface area contributed by atoms with E-state index in [0.717, 1.165) is 5.75 Å². The number of para-hydroxylation sites is 1. The molecule has 170 valence electrons. The third-order valence-corrected chi connectivity index (χ3v) is 4.50. The number of aryl methyl sites for hydroxylation is 1. The van der Waals surface area contributed by atoms with Gasteiger partial charge in [-0.1, -0.05) is 35.0 Å². The molecule has 0 bridgehead atoms. The van der Waals surface area contributed by atoms with Crippen molar-refractivity contribution in [3.63, 3.8) is 0 Å². The van der Waals surface area contributed by atoms with Gasteiger partial charge in [-0.05, 0) is 49.8 Å². The van der Waals surface area contributed by atoms with Crippen LogP contribution in [-0.4, -0.2) is 30.9 Å². The van der Waals surface area contributed by atoms with Gasteiger partial charge in [-0.2, -0.15) is 5.26 Å². The highest BCUT2D eigenvalue weighted by molar-refractivity contribution is 6.32. The number of ether oxygens (including phenoxy) is 3. The van der Waals surface area contributed by atoms with E-state index in [2.05, 4.69) is 10.5 Å². The summed E-state index contributed by atoms with van der Waals surface area (Å²) in [5.74, 6) is 1.60. The number of carbonyl (C=O) groups is 1. The Hall–Kier alpha value is -3.96. The van der Waals surface area contributed by atoms with Gasteiger partial charge in [-0.25, -0.2) is 0 Å². The van der Waals surface area contributed by atoms with Crippen molar-refractivity contribution in [2.24, 2.45) is 0 Å². The van der Waals surface area contributed by atoms with Gasteiger partial charge in [0.05, 0.1) is 11.6 Å². The van der Waals surface area contributed by atoms with Crippen LogP contribution in [0.1, 0.15) is 18.2 Å². The molecule has 0 aliphatic carbocycles. The lowest BCUT2D eigenvalue weighted by molar-refractivity contribution is -0.112. The van der Waals surface area contributed by atoms with Gasteiger partial charge in [-0.3, -0.25) is 4.79 Å². The molecule has 1 amide bonds. The molecule has 3 aromatic rings. The summed E-state index contributed by atoms with van der Waals surface area (Å²) in [7, 11) is 0. The van der Waals surface area contributed by atoms with Crippen LogP contribution >= 0.6 is 11.6 Å². The Labute approximate surface area is 196 Å². The molecule has 3 rings (SSSR count). The highest BCUT2D eigenvalue weighted by atomic mass is 35.5. The normalized spacial score (nSPS) is 10.9. The number of amides is 1. The smallest absolute Gasteiger partial charge is 0.267 e. The van der Waals surface area contributed by atoms with Crippen LogP contribution in [0.5, 0.6) is 17.2 Å². The summed E-state index contributed by atoms with van der Waals surface area (Å²) in [6, 6.07) is 16.0. The Morgan fingerprint density at radius 3 is 2.61 bits per heavy atom. The predicted molar refractivity (Wildman–Crippen MR) is 124 cm³/mol. The lowest BCUT2D eigenvalue weighted by Crippen LogP contribution is -2.13. The maximum absolute atomic E-state index is 12.4. The number of carbonyl (C=O) groups excluding carboxylic acids is 1. The molecule has 0 unspecified atom stereocenters. The lowest BCUT2D eigenvalue weighted by Gasteiger charge is -2.15. The molecule has 2 aromatic carbocycles. The van der Waals surface area contributed by atoms with Gasteiger partial charge in [-0.15, -0.1) is 0 Å². The molecule has 1 heterocycles. The fraction of sp³-hybridized carbons (Fsp3) is 0.208. The van der Waals surface area contributed by atoms with E-state index >= 15 is 0 Å². The van der Waals surface area contributed by atoms with E-state index in [1.165, 1.54) is 6.08 Å². The molecule has 0 saturated carbocycles. The summed E-state index contributed by atoms with van der Waals surface area (Å²) in [5.41, 5.74) is 0.360. The average molecular weight is 468 g/mol. The summed E-state index contributed by atoms with van der Waals surface area (Å²) < 4.78 is 22.0. The predicted octanol–water partition coefficient (Wildman–Crippen LogP) is 5.04.